The molecule has 1 aliphatic carbocycles. The summed E-state index contributed by atoms with van der Waals surface area (Å²) >= 11 is 6.44. The van der Waals surface area contributed by atoms with Gasteiger partial charge in [0.2, 0.25) is 20.8 Å². The van der Waals surface area contributed by atoms with Crippen LogP contribution in [0.4, 0.5) is 23.1 Å². The molecule has 0 bridgehead atoms. The molecule has 220 valence electrons. The Balaban J connectivity index is 1.28. The minimum absolute atomic E-state index is 0.0473. The van der Waals surface area contributed by atoms with Crippen molar-refractivity contribution in [3.8, 4) is 5.75 Å². The van der Waals surface area contributed by atoms with Crippen molar-refractivity contribution in [1.29, 1.82) is 0 Å². The van der Waals surface area contributed by atoms with Crippen LogP contribution in [-0.2, 0) is 16.9 Å². The van der Waals surface area contributed by atoms with E-state index in [1.807, 2.05) is 0 Å². The summed E-state index contributed by atoms with van der Waals surface area (Å²) in [6.45, 7) is 7.82. The molecule has 10 nitrogen and oxygen atoms in total. The standard InChI is InChI=1S/C29H38ClN7O3S/c1-17(2)41(38,39)28-25(16-36(4)35-28)32-27-23(30)15-31-29(34-27)33-24-12-18(3)22(14-26(24)40-21-7-8-21)19-9-11-37-10-5-6-20(37)13-19/h12,14-17,19-21H,5-11,13H2,1-4H3,(H2,31,32,33,34). The maximum Gasteiger partial charge on any atom is 0.229 e. The van der Waals surface area contributed by atoms with Gasteiger partial charge in [0.05, 0.1) is 28.9 Å². The lowest BCUT2D eigenvalue weighted by molar-refractivity contribution is 0.180. The van der Waals surface area contributed by atoms with Crippen LogP contribution in [0.2, 0.25) is 5.02 Å². The monoisotopic (exact) mass is 599 g/mol. The zero-order valence-corrected chi connectivity index (χ0v) is 25.6. The molecule has 6 rings (SSSR count). The van der Waals surface area contributed by atoms with Gasteiger partial charge in [-0.15, -0.1) is 0 Å². The third-order valence-electron chi connectivity index (χ3n) is 8.38. The average Bonchev–Trinajstić information content (AvgIpc) is 3.48. The van der Waals surface area contributed by atoms with Gasteiger partial charge in [-0.1, -0.05) is 11.6 Å². The fourth-order valence-corrected chi connectivity index (χ4v) is 7.20. The van der Waals surface area contributed by atoms with Gasteiger partial charge in [-0.3, -0.25) is 4.68 Å². The summed E-state index contributed by atoms with van der Waals surface area (Å²) in [6.07, 6.45) is 10.4. The molecule has 0 amide bonds. The molecular weight excluding hydrogens is 562 g/mol. The summed E-state index contributed by atoms with van der Waals surface area (Å²) in [4.78, 5) is 11.6. The summed E-state index contributed by atoms with van der Waals surface area (Å²) < 4.78 is 33.6. The van der Waals surface area contributed by atoms with Crippen molar-refractivity contribution < 1.29 is 13.2 Å². The molecule has 2 saturated heterocycles. The van der Waals surface area contributed by atoms with Gasteiger partial charge < -0.3 is 20.3 Å². The summed E-state index contributed by atoms with van der Waals surface area (Å²) in [7, 11) is -1.96. The van der Waals surface area contributed by atoms with Crippen LogP contribution in [-0.4, -0.2) is 63.6 Å². The summed E-state index contributed by atoms with van der Waals surface area (Å²) in [6, 6.07) is 5.05. The number of ether oxygens (including phenoxy) is 1. The summed E-state index contributed by atoms with van der Waals surface area (Å²) in [5, 5.41) is 10.2. The fraction of sp³-hybridized carbons (Fsp3) is 0.552. The second kappa shape index (κ2) is 11.1. The van der Waals surface area contributed by atoms with Gasteiger partial charge in [0.1, 0.15) is 10.8 Å². The van der Waals surface area contributed by atoms with Crippen molar-refractivity contribution in [2.45, 2.75) is 87.6 Å². The van der Waals surface area contributed by atoms with E-state index in [0.717, 1.165) is 24.3 Å². The van der Waals surface area contributed by atoms with Crippen LogP contribution in [0.3, 0.4) is 0 Å². The minimum atomic E-state index is -3.63. The number of anilines is 4. The van der Waals surface area contributed by atoms with E-state index in [2.05, 4.69) is 49.7 Å². The number of hydrogen-bond donors (Lipinski definition) is 2. The quantitative estimate of drug-likeness (QED) is 0.318. The molecular formula is C29H38ClN7O3S. The van der Waals surface area contributed by atoms with Gasteiger partial charge in [0.25, 0.3) is 0 Å². The molecule has 0 radical (unpaired) electrons. The van der Waals surface area contributed by atoms with Gasteiger partial charge in [-0.05, 0) is 102 Å². The number of halogens is 1. The van der Waals surface area contributed by atoms with E-state index in [1.165, 1.54) is 60.8 Å². The smallest absolute Gasteiger partial charge is 0.229 e. The number of sulfone groups is 1. The Morgan fingerprint density at radius 3 is 2.66 bits per heavy atom. The van der Waals surface area contributed by atoms with Gasteiger partial charge in [0.15, 0.2) is 5.82 Å². The van der Waals surface area contributed by atoms with E-state index in [0.29, 0.717) is 23.6 Å². The molecule has 2 unspecified atom stereocenters. The number of aryl methyl sites for hydroxylation is 2. The number of nitrogens with one attached hydrogen (secondary N) is 2. The maximum absolute atomic E-state index is 12.9. The molecule has 2 aromatic heterocycles. The second-order valence-corrected chi connectivity index (χ2v) is 14.7. The number of hydrogen-bond acceptors (Lipinski definition) is 9. The van der Waals surface area contributed by atoms with Crippen LogP contribution in [0.1, 0.15) is 69.4 Å². The first-order valence-electron chi connectivity index (χ1n) is 14.5. The largest absolute Gasteiger partial charge is 0.488 e. The molecule has 1 saturated carbocycles. The Labute approximate surface area is 246 Å². The topological polar surface area (TPSA) is 114 Å². The van der Waals surface area contributed by atoms with E-state index in [4.69, 9.17) is 16.3 Å². The summed E-state index contributed by atoms with van der Waals surface area (Å²) in [5.41, 5.74) is 3.69. The Hall–Kier alpha value is -2.89. The fourth-order valence-electron chi connectivity index (χ4n) is 5.96. The third-order valence-corrected chi connectivity index (χ3v) is 10.7. The molecule has 3 aliphatic rings. The van der Waals surface area contributed by atoms with Crippen molar-refractivity contribution in [3.05, 3.63) is 40.7 Å². The van der Waals surface area contributed by atoms with Crippen LogP contribution in [0.25, 0.3) is 0 Å². The van der Waals surface area contributed by atoms with Gasteiger partial charge in [0, 0.05) is 19.3 Å². The van der Waals surface area contributed by atoms with Crippen molar-refractivity contribution in [1.82, 2.24) is 24.6 Å². The highest BCUT2D eigenvalue weighted by atomic mass is 35.5. The summed E-state index contributed by atoms with van der Waals surface area (Å²) in [5.74, 6) is 1.94. The first kappa shape index (κ1) is 28.2. The van der Waals surface area contributed by atoms with Crippen LogP contribution < -0.4 is 15.4 Å². The molecule has 2 atom stereocenters. The lowest BCUT2D eigenvalue weighted by Gasteiger charge is -2.36. The first-order chi connectivity index (χ1) is 19.6. The van der Waals surface area contributed by atoms with Crippen LogP contribution in [0.5, 0.6) is 5.75 Å². The van der Waals surface area contributed by atoms with E-state index in [9.17, 15) is 8.42 Å². The van der Waals surface area contributed by atoms with E-state index in [-0.39, 0.29) is 22.0 Å². The van der Waals surface area contributed by atoms with E-state index >= 15 is 0 Å². The SMILES string of the molecule is Cc1cc(Nc2ncc(Cl)c(Nc3cn(C)nc3S(=O)(=O)C(C)C)n2)c(OC2CC2)cc1C1CCN2CCCC2C1. The highest BCUT2D eigenvalue weighted by Gasteiger charge is 2.34. The maximum atomic E-state index is 12.9. The van der Waals surface area contributed by atoms with Crippen molar-refractivity contribution in [2.75, 3.05) is 23.7 Å². The predicted molar refractivity (Wildman–Crippen MR) is 161 cm³/mol. The Morgan fingerprint density at radius 2 is 1.90 bits per heavy atom. The zero-order valence-electron chi connectivity index (χ0n) is 24.0. The van der Waals surface area contributed by atoms with Gasteiger partial charge in [-0.25, -0.2) is 13.4 Å². The van der Waals surface area contributed by atoms with Crippen LogP contribution in [0, 0.1) is 6.92 Å². The second-order valence-electron chi connectivity index (χ2n) is 11.8. The molecule has 41 heavy (non-hydrogen) atoms. The predicted octanol–water partition coefficient (Wildman–Crippen LogP) is 5.72. The molecule has 2 N–H and O–H groups in total. The van der Waals surface area contributed by atoms with Crippen LogP contribution in [0.15, 0.2) is 29.6 Å². The first-order valence-corrected chi connectivity index (χ1v) is 16.4. The van der Waals surface area contributed by atoms with E-state index in [1.54, 1.807) is 27.1 Å². The van der Waals surface area contributed by atoms with Crippen molar-refractivity contribution in [2.24, 2.45) is 7.05 Å². The molecule has 2 aliphatic heterocycles. The highest BCUT2D eigenvalue weighted by molar-refractivity contribution is 7.92. The normalized spacial score (nSPS) is 21.2. The number of benzene rings is 1. The number of rotatable bonds is 9. The Bertz CT molecular complexity index is 1550. The van der Waals surface area contributed by atoms with Gasteiger partial charge in [-0.2, -0.15) is 10.1 Å². The molecule has 3 aromatic rings. The Morgan fingerprint density at radius 1 is 1.10 bits per heavy atom. The number of aromatic nitrogens is 4. The molecule has 0 spiro atoms. The third kappa shape index (κ3) is 5.89. The average molecular weight is 600 g/mol. The number of piperidine rings is 1. The minimum Gasteiger partial charge on any atom is -0.488 e. The lowest BCUT2D eigenvalue weighted by Crippen LogP contribution is -2.37. The van der Waals surface area contributed by atoms with E-state index < -0.39 is 15.1 Å². The van der Waals surface area contributed by atoms with Crippen molar-refractivity contribution >= 4 is 44.6 Å². The van der Waals surface area contributed by atoms with Crippen molar-refractivity contribution in [3.63, 3.8) is 0 Å². The molecule has 4 heterocycles. The molecule has 1 aromatic carbocycles. The van der Waals surface area contributed by atoms with Gasteiger partial charge >= 0.3 is 0 Å². The number of fused-ring (bicyclic) bond motifs is 1. The Kier molecular flexibility index (Phi) is 7.63. The molecule has 12 heteroatoms. The van der Waals surface area contributed by atoms with Crippen LogP contribution >= 0.6 is 11.6 Å². The number of nitrogens with zero attached hydrogens (tertiary/aromatic N) is 5. The highest BCUT2D eigenvalue weighted by Crippen LogP contribution is 2.42. The lowest BCUT2D eigenvalue weighted by atomic mass is 9.83. The zero-order chi connectivity index (χ0) is 28.9. The molecule has 3 fully saturated rings.